The Morgan fingerprint density at radius 2 is 1.76 bits per heavy atom. The summed E-state index contributed by atoms with van der Waals surface area (Å²) in [6, 6.07) is 14.7. The molecule has 0 aromatic heterocycles. The second-order valence-electron chi connectivity index (χ2n) is 6.28. The third-order valence-electron chi connectivity index (χ3n) is 4.40. The summed E-state index contributed by atoms with van der Waals surface area (Å²) < 4.78 is 0. The normalized spacial score (nSPS) is 14.7. The second kappa shape index (κ2) is 7.06. The number of halogens is 2. The predicted molar refractivity (Wildman–Crippen MR) is 99.7 cm³/mol. The van der Waals surface area contributed by atoms with Crippen molar-refractivity contribution in [2.24, 2.45) is 5.41 Å². The molecule has 0 unspecified atom stereocenters. The fraction of sp³-hybridized carbons (Fsp3) is 0.263. The summed E-state index contributed by atoms with van der Waals surface area (Å²) in [6.07, 6.45) is 1.07. The highest BCUT2D eigenvalue weighted by Gasteiger charge is 2.57. The number of nitrogens with one attached hydrogen (secondary N) is 1. The van der Waals surface area contributed by atoms with E-state index in [-0.39, 0.29) is 16.8 Å². The summed E-state index contributed by atoms with van der Waals surface area (Å²) in [5, 5.41) is 3.39. The van der Waals surface area contributed by atoms with Gasteiger partial charge < -0.3 is 10.2 Å². The van der Waals surface area contributed by atoms with Crippen LogP contribution in [-0.4, -0.2) is 23.8 Å². The van der Waals surface area contributed by atoms with Crippen LogP contribution in [0, 0.1) is 5.41 Å². The molecule has 1 aliphatic rings. The molecule has 0 bridgehead atoms. The minimum Gasteiger partial charge on any atom is -0.340 e. The molecule has 25 heavy (non-hydrogen) atoms. The van der Waals surface area contributed by atoms with Gasteiger partial charge in [-0.05, 0) is 30.5 Å². The van der Waals surface area contributed by atoms with Gasteiger partial charge in [-0.3, -0.25) is 9.59 Å². The van der Waals surface area contributed by atoms with Crippen molar-refractivity contribution in [3.63, 3.8) is 0 Å². The van der Waals surface area contributed by atoms with Gasteiger partial charge in [-0.1, -0.05) is 59.6 Å². The largest absolute Gasteiger partial charge is 0.340 e. The van der Waals surface area contributed by atoms with Crippen molar-refractivity contribution in [3.05, 3.63) is 64.1 Å². The fourth-order valence-electron chi connectivity index (χ4n) is 2.80. The zero-order valence-electron chi connectivity index (χ0n) is 13.8. The number of benzene rings is 2. The Bertz CT molecular complexity index is 804. The SMILES string of the molecule is CN(Cc1ccccc1)C(=O)C1(C(=O)Nc2cccc(Cl)c2Cl)CC1. The third kappa shape index (κ3) is 3.65. The minimum absolute atomic E-state index is 0.174. The molecule has 2 amide bonds. The van der Waals surface area contributed by atoms with Gasteiger partial charge in [0.05, 0.1) is 15.7 Å². The highest BCUT2D eigenvalue weighted by Crippen LogP contribution is 2.48. The average molecular weight is 377 g/mol. The number of anilines is 1. The van der Waals surface area contributed by atoms with Crippen molar-refractivity contribution >= 4 is 40.7 Å². The Morgan fingerprint density at radius 1 is 1.08 bits per heavy atom. The van der Waals surface area contributed by atoms with E-state index in [4.69, 9.17) is 23.2 Å². The highest BCUT2D eigenvalue weighted by molar-refractivity contribution is 6.44. The van der Waals surface area contributed by atoms with Crippen molar-refractivity contribution in [2.75, 3.05) is 12.4 Å². The number of carbonyl (C=O) groups excluding carboxylic acids is 2. The number of amides is 2. The number of carbonyl (C=O) groups is 2. The van der Waals surface area contributed by atoms with Gasteiger partial charge in [0.25, 0.3) is 0 Å². The molecule has 1 aliphatic carbocycles. The molecule has 1 saturated carbocycles. The van der Waals surface area contributed by atoms with Gasteiger partial charge in [0.1, 0.15) is 5.41 Å². The van der Waals surface area contributed by atoms with E-state index in [1.807, 2.05) is 30.3 Å². The topological polar surface area (TPSA) is 49.4 Å². The van der Waals surface area contributed by atoms with Gasteiger partial charge in [0.2, 0.25) is 11.8 Å². The Labute approximate surface area is 156 Å². The molecule has 2 aromatic rings. The van der Waals surface area contributed by atoms with Crippen LogP contribution in [0.4, 0.5) is 5.69 Å². The molecule has 0 aliphatic heterocycles. The smallest absolute Gasteiger partial charge is 0.240 e. The minimum atomic E-state index is -1.00. The van der Waals surface area contributed by atoms with Gasteiger partial charge in [-0.25, -0.2) is 0 Å². The van der Waals surface area contributed by atoms with Crippen LogP contribution in [0.2, 0.25) is 10.0 Å². The molecule has 0 saturated heterocycles. The summed E-state index contributed by atoms with van der Waals surface area (Å²) >= 11 is 12.1. The predicted octanol–water partition coefficient (Wildman–Crippen LogP) is 4.37. The summed E-state index contributed by atoms with van der Waals surface area (Å²) in [5.74, 6) is -0.506. The summed E-state index contributed by atoms with van der Waals surface area (Å²) in [5.41, 5.74) is 0.436. The van der Waals surface area contributed by atoms with Crippen LogP contribution >= 0.6 is 23.2 Å². The molecule has 2 aromatic carbocycles. The molecule has 4 nitrogen and oxygen atoms in total. The summed E-state index contributed by atoms with van der Waals surface area (Å²) in [7, 11) is 1.72. The molecule has 0 spiro atoms. The number of nitrogens with zero attached hydrogens (tertiary/aromatic N) is 1. The molecule has 6 heteroatoms. The molecule has 3 rings (SSSR count). The lowest BCUT2D eigenvalue weighted by molar-refractivity contribution is -0.141. The van der Waals surface area contributed by atoms with E-state index < -0.39 is 5.41 Å². The average Bonchev–Trinajstić information content (AvgIpc) is 3.41. The first-order chi connectivity index (χ1) is 11.9. The van der Waals surface area contributed by atoms with E-state index in [1.54, 1.807) is 30.1 Å². The van der Waals surface area contributed by atoms with E-state index in [2.05, 4.69) is 5.32 Å². The monoisotopic (exact) mass is 376 g/mol. The molecule has 1 fully saturated rings. The Kier molecular flexibility index (Phi) is 5.02. The van der Waals surface area contributed by atoms with Gasteiger partial charge in [-0.2, -0.15) is 0 Å². The molecule has 0 atom stereocenters. The molecule has 0 heterocycles. The van der Waals surface area contributed by atoms with E-state index in [1.165, 1.54) is 0 Å². The van der Waals surface area contributed by atoms with Gasteiger partial charge in [-0.15, -0.1) is 0 Å². The summed E-state index contributed by atoms with van der Waals surface area (Å²) in [6.45, 7) is 0.465. The molecule has 1 N–H and O–H groups in total. The van der Waals surface area contributed by atoms with Crippen LogP contribution in [0.25, 0.3) is 0 Å². The van der Waals surface area contributed by atoms with Crippen LogP contribution in [0.15, 0.2) is 48.5 Å². The number of hydrogen-bond donors (Lipinski definition) is 1. The third-order valence-corrected chi connectivity index (χ3v) is 5.22. The van der Waals surface area contributed by atoms with E-state index in [0.717, 1.165) is 5.56 Å². The lowest BCUT2D eigenvalue weighted by Crippen LogP contribution is -2.40. The molecular weight excluding hydrogens is 359 g/mol. The van der Waals surface area contributed by atoms with Crippen LogP contribution in [0.1, 0.15) is 18.4 Å². The van der Waals surface area contributed by atoms with E-state index >= 15 is 0 Å². The lowest BCUT2D eigenvalue weighted by atomic mass is 10.0. The molecule has 0 radical (unpaired) electrons. The fourth-order valence-corrected chi connectivity index (χ4v) is 3.15. The van der Waals surface area contributed by atoms with Crippen molar-refractivity contribution in [3.8, 4) is 0 Å². The number of rotatable bonds is 5. The zero-order valence-corrected chi connectivity index (χ0v) is 15.3. The van der Waals surface area contributed by atoms with Gasteiger partial charge in [0, 0.05) is 13.6 Å². The van der Waals surface area contributed by atoms with E-state index in [0.29, 0.717) is 30.1 Å². The number of hydrogen-bond acceptors (Lipinski definition) is 2. The van der Waals surface area contributed by atoms with Gasteiger partial charge in [0.15, 0.2) is 0 Å². The lowest BCUT2D eigenvalue weighted by Gasteiger charge is -2.23. The Morgan fingerprint density at radius 3 is 2.40 bits per heavy atom. The van der Waals surface area contributed by atoms with Crippen molar-refractivity contribution in [2.45, 2.75) is 19.4 Å². The van der Waals surface area contributed by atoms with E-state index in [9.17, 15) is 9.59 Å². The van der Waals surface area contributed by atoms with Crippen molar-refractivity contribution in [1.82, 2.24) is 4.90 Å². The first-order valence-electron chi connectivity index (χ1n) is 7.99. The Balaban J connectivity index is 1.71. The van der Waals surface area contributed by atoms with Crippen LogP contribution in [0.5, 0.6) is 0 Å². The molecular formula is C19H18Cl2N2O2. The Hall–Kier alpha value is -2.04. The van der Waals surface area contributed by atoms with Crippen molar-refractivity contribution < 1.29 is 9.59 Å². The van der Waals surface area contributed by atoms with Crippen LogP contribution < -0.4 is 5.32 Å². The quantitative estimate of drug-likeness (QED) is 0.787. The maximum Gasteiger partial charge on any atom is 0.240 e. The van der Waals surface area contributed by atoms with Crippen LogP contribution in [0.3, 0.4) is 0 Å². The summed E-state index contributed by atoms with van der Waals surface area (Å²) in [4.78, 5) is 27.1. The first-order valence-corrected chi connectivity index (χ1v) is 8.74. The maximum atomic E-state index is 12.8. The maximum absolute atomic E-state index is 12.8. The second-order valence-corrected chi connectivity index (χ2v) is 7.07. The first kappa shape index (κ1) is 17.8. The van der Waals surface area contributed by atoms with Crippen molar-refractivity contribution in [1.29, 1.82) is 0 Å². The standard InChI is InChI=1S/C19H18Cl2N2O2/c1-23(12-13-6-3-2-4-7-13)18(25)19(10-11-19)17(24)22-15-9-5-8-14(20)16(15)21/h2-9H,10-12H2,1H3,(H,22,24). The van der Waals surface area contributed by atoms with Gasteiger partial charge >= 0.3 is 0 Å². The molecule has 130 valence electrons. The zero-order chi connectivity index (χ0) is 18.0. The highest BCUT2D eigenvalue weighted by atomic mass is 35.5. The van der Waals surface area contributed by atoms with Crippen LogP contribution in [-0.2, 0) is 16.1 Å².